The van der Waals surface area contributed by atoms with Crippen molar-refractivity contribution < 1.29 is 9.18 Å². The van der Waals surface area contributed by atoms with Gasteiger partial charge in [0.05, 0.1) is 5.69 Å². The fourth-order valence-corrected chi connectivity index (χ4v) is 1.83. The second-order valence-corrected chi connectivity index (χ2v) is 6.03. The van der Waals surface area contributed by atoms with Gasteiger partial charge in [-0.05, 0) is 45.9 Å². The maximum Gasteiger partial charge on any atom is 0.270 e. The molecule has 0 saturated carbocycles. The van der Waals surface area contributed by atoms with E-state index in [9.17, 15) is 9.18 Å². The highest BCUT2D eigenvalue weighted by Gasteiger charge is 2.17. The van der Waals surface area contributed by atoms with E-state index in [4.69, 9.17) is 0 Å². The van der Waals surface area contributed by atoms with Crippen LogP contribution in [-0.4, -0.2) is 21.4 Å². The first-order valence-corrected chi connectivity index (χ1v) is 6.94. The number of rotatable bonds is 3. The largest absolute Gasteiger partial charge is 0.346 e. The zero-order chi connectivity index (χ0) is 16.3. The third-order valence-electron chi connectivity index (χ3n) is 2.70. The van der Waals surface area contributed by atoms with Crippen molar-refractivity contribution in [1.82, 2.24) is 15.3 Å². The van der Waals surface area contributed by atoms with E-state index in [1.807, 2.05) is 20.8 Å². The van der Waals surface area contributed by atoms with Crippen LogP contribution in [0.1, 0.15) is 37.0 Å². The maximum absolute atomic E-state index is 13.7. The molecule has 0 aliphatic carbocycles. The van der Waals surface area contributed by atoms with Gasteiger partial charge in [-0.3, -0.25) is 4.79 Å². The number of amides is 1. The predicted octanol–water partition coefficient (Wildman–Crippen LogP) is 3.20. The second-order valence-electron chi connectivity index (χ2n) is 6.03. The van der Waals surface area contributed by atoms with Gasteiger partial charge in [-0.25, -0.2) is 14.4 Å². The van der Waals surface area contributed by atoms with Crippen LogP contribution < -0.4 is 10.6 Å². The van der Waals surface area contributed by atoms with Crippen LogP contribution in [0.25, 0.3) is 0 Å². The van der Waals surface area contributed by atoms with Crippen LogP contribution in [0, 0.1) is 12.7 Å². The van der Waals surface area contributed by atoms with E-state index in [0.717, 1.165) is 0 Å². The molecule has 1 heterocycles. The number of carbonyl (C=O) groups is 1. The number of benzene rings is 1. The van der Waals surface area contributed by atoms with E-state index in [1.54, 1.807) is 31.2 Å². The fraction of sp³-hybridized carbons (Fsp3) is 0.312. The third-order valence-corrected chi connectivity index (χ3v) is 2.70. The molecule has 5 nitrogen and oxygen atoms in total. The quantitative estimate of drug-likeness (QED) is 0.913. The Balaban J connectivity index is 2.27. The topological polar surface area (TPSA) is 66.9 Å². The molecule has 0 atom stereocenters. The van der Waals surface area contributed by atoms with E-state index >= 15 is 0 Å². The lowest BCUT2D eigenvalue weighted by atomic mass is 10.1. The van der Waals surface area contributed by atoms with Gasteiger partial charge in [0, 0.05) is 11.2 Å². The number of aryl methyl sites for hydroxylation is 1. The molecule has 0 aliphatic rings. The summed E-state index contributed by atoms with van der Waals surface area (Å²) in [5.41, 5.74) is 0.749. The average Bonchev–Trinajstić information content (AvgIpc) is 2.39. The summed E-state index contributed by atoms with van der Waals surface area (Å²) in [5.74, 6) is -0.521. The predicted molar refractivity (Wildman–Crippen MR) is 83.7 cm³/mol. The molecule has 1 amide bonds. The highest BCUT2D eigenvalue weighted by molar-refractivity contribution is 5.93. The number of nitrogens with zero attached hydrogens (tertiary/aromatic N) is 2. The van der Waals surface area contributed by atoms with Crippen LogP contribution in [0.15, 0.2) is 30.3 Å². The molecule has 0 fully saturated rings. The second kappa shape index (κ2) is 6.09. The lowest BCUT2D eigenvalue weighted by Crippen LogP contribution is -2.41. The summed E-state index contributed by atoms with van der Waals surface area (Å²) in [6, 6.07) is 7.81. The van der Waals surface area contributed by atoms with Crippen LogP contribution in [0.2, 0.25) is 0 Å². The molecule has 1 aromatic heterocycles. The van der Waals surface area contributed by atoms with Crippen molar-refractivity contribution in [3.05, 3.63) is 47.5 Å². The number of carbonyl (C=O) groups excluding carboxylic acids is 1. The maximum atomic E-state index is 13.7. The minimum atomic E-state index is -0.409. The summed E-state index contributed by atoms with van der Waals surface area (Å²) in [7, 11) is 0. The highest BCUT2D eigenvalue weighted by Crippen LogP contribution is 2.17. The van der Waals surface area contributed by atoms with Gasteiger partial charge in [-0.1, -0.05) is 12.1 Å². The molecule has 0 saturated heterocycles. The summed E-state index contributed by atoms with van der Waals surface area (Å²) in [5, 5.41) is 5.63. The Labute approximate surface area is 129 Å². The lowest BCUT2D eigenvalue weighted by molar-refractivity contribution is 0.0914. The molecule has 6 heteroatoms. The van der Waals surface area contributed by atoms with Crippen LogP contribution >= 0.6 is 0 Å². The first-order chi connectivity index (χ1) is 10.2. The zero-order valence-electron chi connectivity index (χ0n) is 13.1. The van der Waals surface area contributed by atoms with Gasteiger partial charge in [0.15, 0.2) is 0 Å². The van der Waals surface area contributed by atoms with Crippen LogP contribution in [-0.2, 0) is 0 Å². The Morgan fingerprint density at radius 1 is 1.18 bits per heavy atom. The molecule has 0 aliphatic heterocycles. The number of aromatic nitrogens is 2. The molecule has 2 N–H and O–H groups in total. The van der Waals surface area contributed by atoms with E-state index in [2.05, 4.69) is 20.6 Å². The fourth-order valence-electron chi connectivity index (χ4n) is 1.83. The molecule has 0 spiro atoms. The minimum Gasteiger partial charge on any atom is -0.346 e. The van der Waals surface area contributed by atoms with Crippen molar-refractivity contribution in [3.63, 3.8) is 0 Å². The standard InChI is InChI=1S/C16H19FN4O/c1-10-9-13(14(22)21-16(2,3)4)20-15(18-10)19-12-8-6-5-7-11(12)17/h5-9H,1-4H3,(H,21,22)(H,18,19,20). The SMILES string of the molecule is Cc1cc(C(=O)NC(C)(C)C)nc(Nc2ccccc2F)n1. The minimum absolute atomic E-state index is 0.184. The molecule has 116 valence electrons. The lowest BCUT2D eigenvalue weighted by Gasteiger charge is -2.20. The smallest absolute Gasteiger partial charge is 0.270 e. The first-order valence-electron chi connectivity index (χ1n) is 6.94. The number of anilines is 2. The molecular formula is C16H19FN4O. The first kappa shape index (κ1) is 15.9. The third kappa shape index (κ3) is 4.25. The van der Waals surface area contributed by atoms with Gasteiger partial charge in [0.25, 0.3) is 5.91 Å². The molecular weight excluding hydrogens is 283 g/mol. The molecule has 0 unspecified atom stereocenters. The van der Waals surface area contributed by atoms with E-state index in [0.29, 0.717) is 5.69 Å². The number of nitrogens with one attached hydrogen (secondary N) is 2. The number of hydrogen-bond acceptors (Lipinski definition) is 4. The van der Waals surface area contributed by atoms with Crippen molar-refractivity contribution in [1.29, 1.82) is 0 Å². The van der Waals surface area contributed by atoms with Crippen molar-refractivity contribution >= 4 is 17.5 Å². The molecule has 0 bridgehead atoms. The number of para-hydroxylation sites is 1. The van der Waals surface area contributed by atoms with Gasteiger partial charge in [0.1, 0.15) is 11.5 Å². The Morgan fingerprint density at radius 3 is 2.50 bits per heavy atom. The zero-order valence-corrected chi connectivity index (χ0v) is 13.1. The Hall–Kier alpha value is -2.50. The molecule has 2 rings (SSSR count). The highest BCUT2D eigenvalue weighted by atomic mass is 19.1. The number of halogens is 1. The van der Waals surface area contributed by atoms with Crippen molar-refractivity contribution in [2.45, 2.75) is 33.2 Å². The Bertz CT molecular complexity index is 695. The monoisotopic (exact) mass is 302 g/mol. The van der Waals surface area contributed by atoms with Gasteiger partial charge in [-0.15, -0.1) is 0 Å². The normalized spacial score (nSPS) is 11.1. The van der Waals surface area contributed by atoms with Crippen molar-refractivity contribution in [3.8, 4) is 0 Å². The van der Waals surface area contributed by atoms with Crippen molar-refractivity contribution in [2.24, 2.45) is 0 Å². The molecule has 1 aromatic carbocycles. The van der Waals surface area contributed by atoms with E-state index < -0.39 is 5.82 Å². The van der Waals surface area contributed by atoms with E-state index in [-0.39, 0.29) is 28.8 Å². The summed E-state index contributed by atoms with van der Waals surface area (Å²) in [4.78, 5) is 20.5. The van der Waals surface area contributed by atoms with Gasteiger partial charge < -0.3 is 10.6 Å². The van der Waals surface area contributed by atoms with Crippen LogP contribution in [0.3, 0.4) is 0 Å². The molecule has 2 aromatic rings. The molecule has 0 radical (unpaired) electrons. The van der Waals surface area contributed by atoms with Gasteiger partial charge in [-0.2, -0.15) is 0 Å². The van der Waals surface area contributed by atoms with Crippen LogP contribution in [0.4, 0.5) is 16.0 Å². The van der Waals surface area contributed by atoms with Gasteiger partial charge >= 0.3 is 0 Å². The Morgan fingerprint density at radius 2 is 1.86 bits per heavy atom. The van der Waals surface area contributed by atoms with E-state index in [1.165, 1.54) is 6.07 Å². The summed E-state index contributed by atoms with van der Waals surface area (Å²) in [6.45, 7) is 7.41. The summed E-state index contributed by atoms with van der Waals surface area (Å²) >= 11 is 0. The Kier molecular flexibility index (Phi) is 4.40. The molecule has 22 heavy (non-hydrogen) atoms. The van der Waals surface area contributed by atoms with Gasteiger partial charge in [0.2, 0.25) is 5.95 Å². The summed E-state index contributed by atoms with van der Waals surface area (Å²) in [6.07, 6.45) is 0. The van der Waals surface area contributed by atoms with Crippen molar-refractivity contribution in [2.75, 3.05) is 5.32 Å². The summed E-state index contributed by atoms with van der Waals surface area (Å²) < 4.78 is 13.7. The average molecular weight is 302 g/mol. The number of hydrogen-bond donors (Lipinski definition) is 2. The van der Waals surface area contributed by atoms with Crippen LogP contribution in [0.5, 0.6) is 0 Å².